The second-order valence-electron chi connectivity index (χ2n) is 5.65. The Morgan fingerprint density at radius 3 is 2.48 bits per heavy atom. The Kier molecular flexibility index (Phi) is 4.86. The third-order valence-electron chi connectivity index (χ3n) is 3.72. The lowest BCUT2D eigenvalue weighted by Gasteiger charge is -2.17. The molecule has 2 aromatic carbocycles. The van der Waals surface area contributed by atoms with Gasteiger partial charge in [0.15, 0.2) is 0 Å². The highest BCUT2D eigenvalue weighted by Gasteiger charge is 2.08. The Morgan fingerprint density at radius 1 is 1.05 bits per heavy atom. The minimum Gasteiger partial charge on any atom is -0.492 e. The van der Waals surface area contributed by atoms with Crippen molar-refractivity contribution < 1.29 is 4.74 Å². The molecular formula is C18H24N2O. The van der Waals surface area contributed by atoms with E-state index in [1.807, 2.05) is 32.3 Å². The van der Waals surface area contributed by atoms with E-state index in [4.69, 9.17) is 10.5 Å². The molecule has 0 fully saturated rings. The number of hydrogen-bond donors (Lipinski definition) is 1. The van der Waals surface area contributed by atoms with E-state index < -0.39 is 0 Å². The first kappa shape index (κ1) is 15.4. The van der Waals surface area contributed by atoms with Gasteiger partial charge in [0.25, 0.3) is 0 Å². The predicted octanol–water partition coefficient (Wildman–Crippen LogP) is 3.45. The van der Waals surface area contributed by atoms with Crippen molar-refractivity contribution >= 4 is 5.69 Å². The molecule has 2 rings (SSSR count). The van der Waals surface area contributed by atoms with Gasteiger partial charge >= 0.3 is 0 Å². The Morgan fingerprint density at radius 2 is 1.81 bits per heavy atom. The molecule has 0 saturated carbocycles. The maximum absolute atomic E-state index is 6.22. The monoisotopic (exact) mass is 284 g/mol. The van der Waals surface area contributed by atoms with Crippen molar-refractivity contribution in [1.82, 2.24) is 0 Å². The van der Waals surface area contributed by atoms with Crippen molar-refractivity contribution in [3.05, 3.63) is 59.2 Å². The average Bonchev–Trinajstić information content (AvgIpc) is 2.48. The largest absolute Gasteiger partial charge is 0.492 e. The Balaban J connectivity index is 2.02. The van der Waals surface area contributed by atoms with E-state index in [1.54, 1.807) is 0 Å². The van der Waals surface area contributed by atoms with Gasteiger partial charge in [0.2, 0.25) is 0 Å². The Hall–Kier alpha value is -2.00. The summed E-state index contributed by atoms with van der Waals surface area (Å²) in [6.07, 6.45) is 0. The van der Waals surface area contributed by atoms with Gasteiger partial charge < -0.3 is 15.4 Å². The van der Waals surface area contributed by atoms with Crippen molar-refractivity contribution in [3.8, 4) is 5.75 Å². The van der Waals surface area contributed by atoms with Crippen molar-refractivity contribution in [2.24, 2.45) is 5.73 Å². The van der Waals surface area contributed by atoms with E-state index in [0.717, 1.165) is 17.0 Å². The van der Waals surface area contributed by atoms with Crippen LogP contribution in [0.1, 0.15) is 22.7 Å². The van der Waals surface area contributed by atoms with Crippen LogP contribution in [-0.4, -0.2) is 20.7 Å². The van der Waals surface area contributed by atoms with Crippen LogP contribution in [0.2, 0.25) is 0 Å². The second kappa shape index (κ2) is 6.64. The predicted molar refractivity (Wildman–Crippen MR) is 89.1 cm³/mol. The molecule has 0 aliphatic carbocycles. The highest BCUT2D eigenvalue weighted by molar-refractivity contribution is 5.49. The van der Waals surface area contributed by atoms with E-state index in [2.05, 4.69) is 43.0 Å². The number of benzene rings is 2. The summed E-state index contributed by atoms with van der Waals surface area (Å²) in [5.41, 5.74) is 11.0. The highest BCUT2D eigenvalue weighted by Crippen LogP contribution is 2.21. The molecule has 0 saturated heterocycles. The topological polar surface area (TPSA) is 38.5 Å². The minimum absolute atomic E-state index is 0.118. The number of aryl methyl sites for hydroxylation is 2. The summed E-state index contributed by atoms with van der Waals surface area (Å²) >= 11 is 0. The van der Waals surface area contributed by atoms with Gasteiger partial charge in [0.05, 0.1) is 6.04 Å². The van der Waals surface area contributed by atoms with Gasteiger partial charge in [-0.2, -0.15) is 0 Å². The van der Waals surface area contributed by atoms with E-state index in [-0.39, 0.29) is 6.04 Å². The van der Waals surface area contributed by atoms with Crippen LogP contribution >= 0.6 is 0 Å². The van der Waals surface area contributed by atoms with E-state index in [0.29, 0.717) is 6.61 Å². The van der Waals surface area contributed by atoms with E-state index in [9.17, 15) is 0 Å². The molecule has 112 valence electrons. The minimum atomic E-state index is -0.118. The number of anilines is 1. The second-order valence-corrected chi connectivity index (χ2v) is 5.65. The smallest absolute Gasteiger partial charge is 0.121 e. The molecule has 0 aromatic heterocycles. The molecule has 0 aliphatic heterocycles. The lowest BCUT2D eigenvalue weighted by molar-refractivity contribution is 0.290. The van der Waals surface area contributed by atoms with Crippen LogP contribution in [0.3, 0.4) is 0 Å². The molecular weight excluding hydrogens is 260 g/mol. The van der Waals surface area contributed by atoms with Crippen LogP contribution in [0.5, 0.6) is 5.75 Å². The summed E-state index contributed by atoms with van der Waals surface area (Å²) in [6, 6.07) is 14.2. The summed E-state index contributed by atoms with van der Waals surface area (Å²) < 4.78 is 5.83. The van der Waals surface area contributed by atoms with Crippen LogP contribution in [0.4, 0.5) is 5.69 Å². The fourth-order valence-corrected chi connectivity index (χ4v) is 2.13. The first-order valence-corrected chi connectivity index (χ1v) is 7.20. The van der Waals surface area contributed by atoms with Crippen molar-refractivity contribution in [3.63, 3.8) is 0 Å². The highest BCUT2D eigenvalue weighted by atomic mass is 16.5. The van der Waals surface area contributed by atoms with Crippen LogP contribution in [0, 0.1) is 13.8 Å². The van der Waals surface area contributed by atoms with Gasteiger partial charge in [0, 0.05) is 25.8 Å². The summed E-state index contributed by atoms with van der Waals surface area (Å²) in [5.74, 6) is 0.848. The lowest BCUT2D eigenvalue weighted by Crippen LogP contribution is -2.19. The molecule has 0 bridgehead atoms. The fourth-order valence-electron chi connectivity index (χ4n) is 2.13. The zero-order valence-electron chi connectivity index (χ0n) is 13.3. The van der Waals surface area contributed by atoms with Crippen LogP contribution in [0.25, 0.3) is 0 Å². The lowest BCUT2D eigenvalue weighted by atomic mass is 10.0. The van der Waals surface area contributed by atoms with Gasteiger partial charge in [-0.15, -0.1) is 0 Å². The standard InChI is InChI=1S/C18H24N2O/c1-13-8-9-15(10-14(13)2)18(19)12-21-17-7-5-6-16(11-17)20(3)4/h5-11,18H,12,19H2,1-4H3. The Bertz CT molecular complexity index is 608. The Labute approximate surface area is 127 Å². The number of nitrogens with zero attached hydrogens (tertiary/aromatic N) is 1. The normalized spacial score (nSPS) is 12.0. The molecule has 1 atom stereocenters. The molecule has 0 aliphatic rings. The maximum atomic E-state index is 6.22. The number of hydrogen-bond acceptors (Lipinski definition) is 3. The first-order valence-electron chi connectivity index (χ1n) is 7.20. The van der Waals surface area contributed by atoms with Crippen molar-refractivity contribution in [2.45, 2.75) is 19.9 Å². The van der Waals surface area contributed by atoms with Crippen LogP contribution in [-0.2, 0) is 0 Å². The number of ether oxygens (including phenoxy) is 1. The van der Waals surface area contributed by atoms with Crippen molar-refractivity contribution in [2.75, 3.05) is 25.6 Å². The summed E-state index contributed by atoms with van der Waals surface area (Å²) in [5, 5.41) is 0. The molecule has 0 heterocycles. The zero-order valence-corrected chi connectivity index (χ0v) is 13.3. The van der Waals surface area contributed by atoms with E-state index >= 15 is 0 Å². The summed E-state index contributed by atoms with van der Waals surface area (Å²) in [7, 11) is 4.03. The number of rotatable bonds is 5. The van der Waals surface area contributed by atoms with Gasteiger partial charge in [0.1, 0.15) is 12.4 Å². The fraction of sp³-hybridized carbons (Fsp3) is 0.333. The van der Waals surface area contributed by atoms with Gasteiger partial charge in [-0.05, 0) is 42.7 Å². The van der Waals surface area contributed by atoms with Crippen molar-refractivity contribution in [1.29, 1.82) is 0 Å². The average molecular weight is 284 g/mol. The quantitative estimate of drug-likeness (QED) is 0.914. The molecule has 3 heteroatoms. The van der Waals surface area contributed by atoms with Gasteiger partial charge in [-0.25, -0.2) is 0 Å². The van der Waals surface area contributed by atoms with Gasteiger partial charge in [-0.3, -0.25) is 0 Å². The molecule has 21 heavy (non-hydrogen) atoms. The summed E-state index contributed by atoms with van der Waals surface area (Å²) in [4.78, 5) is 2.05. The zero-order chi connectivity index (χ0) is 15.4. The maximum Gasteiger partial charge on any atom is 0.121 e. The SMILES string of the molecule is Cc1ccc(C(N)COc2cccc(N(C)C)c2)cc1C. The van der Waals surface area contributed by atoms with Crippen LogP contribution < -0.4 is 15.4 Å². The number of nitrogens with two attached hydrogens (primary N) is 1. The molecule has 0 radical (unpaired) electrons. The third-order valence-corrected chi connectivity index (χ3v) is 3.72. The molecule has 0 spiro atoms. The molecule has 3 nitrogen and oxygen atoms in total. The summed E-state index contributed by atoms with van der Waals surface area (Å²) in [6.45, 7) is 4.68. The first-order chi connectivity index (χ1) is 9.97. The van der Waals surface area contributed by atoms with E-state index in [1.165, 1.54) is 11.1 Å². The molecule has 2 aromatic rings. The molecule has 1 unspecified atom stereocenters. The van der Waals surface area contributed by atoms with Crippen LogP contribution in [0.15, 0.2) is 42.5 Å². The molecule has 2 N–H and O–H groups in total. The van der Waals surface area contributed by atoms with Gasteiger partial charge in [-0.1, -0.05) is 24.3 Å². The molecule has 0 amide bonds. The third kappa shape index (κ3) is 3.99.